The summed E-state index contributed by atoms with van der Waals surface area (Å²) in [5.74, 6) is -0.0286. The molecule has 3 rings (SSSR count). The number of carbonyl (C=O) groups excluding carboxylic acids is 3. The van der Waals surface area contributed by atoms with Gasteiger partial charge in [0, 0.05) is 28.9 Å². The zero-order valence-corrected chi connectivity index (χ0v) is 19.9. The average Bonchev–Trinajstić information content (AvgIpc) is 2.83. The summed E-state index contributed by atoms with van der Waals surface area (Å²) in [6.45, 7) is 4.25. The number of benzene rings is 3. The van der Waals surface area contributed by atoms with Crippen LogP contribution in [0.2, 0.25) is 0 Å². The summed E-state index contributed by atoms with van der Waals surface area (Å²) in [6, 6.07) is 21.5. The first-order valence-corrected chi connectivity index (χ1v) is 11.8. The summed E-state index contributed by atoms with van der Waals surface area (Å²) in [7, 11) is 0. The quantitative estimate of drug-likeness (QED) is 0.374. The van der Waals surface area contributed by atoms with E-state index in [1.54, 1.807) is 36.4 Å². The lowest BCUT2D eigenvalue weighted by Crippen LogP contribution is -2.28. The van der Waals surface area contributed by atoms with Crippen molar-refractivity contribution in [3.05, 3.63) is 83.9 Å². The predicted molar refractivity (Wildman–Crippen MR) is 136 cm³/mol. The van der Waals surface area contributed by atoms with E-state index in [1.807, 2.05) is 50.2 Å². The Morgan fingerprint density at radius 1 is 0.853 bits per heavy atom. The second-order valence-corrected chi connectivity index (χ2v) is 8.44. The SMILES string of the molecule is CCNC(=O)COc1cccc(NC(=O)c2ccccc2SCC(=O)Nc2ccc(C)cc2)c1. The van der Waals surface area contributed by atoms with E-state index < -0.39 is 0 Å². The Morgan fingerprint density at radius 2 is 1.62 bits per heavy atom. The maximum Gasteiger partial charge on any atom is 0.257 e. The van der Waals surface area contributed by atoms with Crippen molar-refractivity contribution < 1.29 is 19.1 Å². The largest absolute Gasteiger partial charge is 0.484 e. The van der Waals surface area contributed by atoms with Crippen LogP contribution in [-0.2, 0) is 9.59 Å². The van der Waals surface area contributed by atoms with E-state index >= 15 is 0 Å². The number of amides is 3. The molecule has 34 heavy (non-hydrogen) atoms. The monoisotopic (exact) mass is 477 g/mol. The lowest BCUT2D eigenvalue weighted by Gasteiger charge is -2.12. The molecule has 7 nitrogen and oxygen atoms in total. The van der Waals surface area contributed by atoms with Gasteiger partial charge in [0.05, 0.1) is 11.3 Å². The Balaban J connectivity index is 1.59. The highest BCUT2D eigenvalue weighted by Gasteiger charge is 2.14. The van der Waals surface area contributed by atoms with Crippen LogP contribution in [0.3, 0.4) is 0 Å². The van der Waals surface area contributed by atoms with E-state index in [4.69, 9.17) is 4.74 Å². The van der Waals surface area contributed by atoms with Gasteiger partial charge in [0.2, 0.25) is 5.91 Å². The molecule has 8 heteroatoms. The van der Waals surface area contributed by atoms with Crippen LogP contribution in [0.25, 0.3) is 0 Å². The zero-order valence-electron chi connectivity index (χ0n) is 19.1. The summed E-state index contributed by atoms with van der Waals surface area (Å²) < 4.78 is 5.48. The minimum absolute atomic E-state index is 0.102. The van der Waals surface area contributed by atoms with Crippen LogP contribution in [0.5, 0.6) is 5.75 Å². The molecule has 3 aromatic carbocycles. The van der Waals surface area contributed by atoms with Crippen molar-refractivity contribution >= 4 is 40.9 Å². The molecule has 0 bridgehead atoms. The molecule has 3 amide bonds. The minimum atomic E-state index is -0.303. The van der Waals surface area contributed by atoms with Crippen molar-refractivity contribution in [1.29, 1.82) is 0 Å². The molecule has 0 unspecified atom stereocenters. The van der Waals surface area contributed by atoms with E-state index in [2.05, 4.69) is 16.0 Å². The second kappa shape index (κ2) is 12.5. The first kappa shape index (κ1) is 24.9. The average molecular weight is 478 g/mol. The molecule has 0 saturated heterocycles. The van der Waals surface area contributed by atoms with Crippen molar-refractivity contribution in [2.45, 2.75) is 18.7 Å². The predicted octanol–water partition coefficient (Wildman–Crippen LogP) is 4.49. The maximum absolute atomic E-state index is 12.9. The van der Waals surface area contributed by atoms with Gasteiger partial charge in [-0.25, -0.2) is 0 Å². The van der Waals surface area contributed by atoms with Crippen LogP contribution < -0.4 is 20.7 Å². The molecule has 0 aliphatic heterocycles. The highest BCUT2D eigenvalue weighted by atomic mass is 32.2. The number of carbonyl (C=O) groups is 3. The number of anilines is 2. The summed E-state index contributed by atoms with van der Waals surface area (Å²) >= 11 is 1.29. The van der Waals surface area contributed by atoms with Crippen molar-refractivity contribution in [2.24, 2.45) is 0 Å². The maximum atomic E-state index is 12.9. The molecule has 0 fully saturated rings. The highest BCUT2D eigenvalue weighted by molar-refractivity contribution is 8.00. The number of rotatable bonds is 10. The zero-order chi connectivity index (χ0) is 24.3. The van der Waals surface area contributed by atoms with Gasteiger partial charge in [-0.3, -0.25) is 14.4 Å². The molecule has 0 aliphatic carbocycles. The van der Waals surface area contributed by atoms with Gasteiger partial charge >= 0.3 is 0 Å². The molecule has 0 aromatic heterocycles. The molecule has 0 saturated carbocycles. The fraction of sp³-hybridized carbons (Fsp3) is 0.192. The van der Waals surface area contributed by atoms with Gasteiger partial charge in [-0.15, -0.1) is 11.8 Å². The number of hydrogen-bond donors (Lipinski definition) is 3. The molecule has 0 atom stereocenters. The van der Waals surface area contributed by atoms with Crippen LogP contribution in [-0.4, -0.2) is 36.6 Å². The number of nitrogens with one attached hydrogen (secondary N) is 3. The first-order valence-electron chi connectivity index (χ1n) is 10.8. The third-order valence-electron chi connectivity index (χ3n) is 4.66. The minimum Gasteiger partial charge on any atom is -0.484 e. The Labute approximate surface area is 203 Å². The van der Waals surface area contributed by atoms with E-state index in [1.165, 1.54) is 11.8 Å². The van der Waals surface area contributed by atoms with Gasteiger partial charge in [0.15, 0.2) is 6.61 Å². The van der Waals surface area contributed by atoms with Crippen molar-refractivity contribution in [3.63, 3.8) is 0 Å². The third kappa shape index (κ3) is 7.67. The number of ether oxygens (including phenoxy) is 1. The smallest absolute Gasteiger partial charge is 0.257 e. The van der Waals surface area contributed by atoms with Gasteiger partial charge in [0.1, 0.15) is 5.75 Å². The van der Waals surface area contributed by atoms with Gasteiger partial charge in [0.25, 0.3) is 11.8 Å². The summed E-state index contributed by atoms with van der Waals surface area (Å²) in [6.07, 6.45) is 0. The summed E-state index contributed by atoms with van der Waals surface area (Å²) in [4.78, 5) is 37.6. The molecule has 0 heterocycles. The fourth-order valence-corrected chi connectivity index (χ4v) is 3.87. The summed E-state index contributed by atoms with van der Waals surface area (Å²) in [5, 5.41) is 8.37. The molecule has 0 spiro atoms. The third-order valence-corrected chi connectivity index (χ3v) is 5.74. The topological polar surface area (TPSA) is 96.5 Å². The van der Waals surface area contributed by atoms with Crippen molar-refractivity contribution in [2.75, 3.05) is 29.5 Å². The molecular weight excluding hydrogens is 450 g/mol. The highest BCUT2D eigenvalue weighted by Crippen LogP contribution is 2.25. The number of aryl methyl sites for hydroxylation is 1. The van der Waals surface area contributed by atoms with Gasteiger partial charge in [-0.2, -0.15) is 0 Å². The standard InChI is InChI=1S/C26H27N3O4S/c1-3-27-24(30)16-33-21-8-6-7-20(15-21)29-26(32)22-9-4-5-10-23(22)34-17-25(31)28-19-13-11-18(2)12-14-19/h4-15H,3,16-17H2,1-2H3,(H,27,30)(H,28,31)(H,29,32). The fourth-order valence-electron chi connectivity index (χ4n) is 3.02. The molecular formula is C26H27N3O4S. The number of likely N-dealkylation sites (N-methyl/N-ethyl adjacent to an activating group) is 1. The first-order chi connectivity index (χ1) is 16.4. The van der Waals surface area contributed by atoms with Crippen molar-refractivity contribution in [1.82, 2.24) is 5.32 Å². The Kier molecular flexibility index (Phi) is 9.11. The van der Waals surface area contributed by atoms with Crippen LogP contribution in [0, 0.1) is 6.92 Å². The molecule has 0 aliphatic rings. The molecule has 3 N–H and O–H groups in total. The van der Waals surface area contributed by atoms with Crippen LogP contribution in [0.4, 0.5) is 11.4 Å². The summed E-state index contributed by atoms with van der Waals surface area (Å²) in [5.41, 5.74) is 2.85. The molecule has 176 valence electrons. The molecule has 3 aromatic rings. The van der Waals surface area contributed by atoms with E-state index in [9.17, 15) is 14.4 Å². The Bertz CT molecular complexity index is 1150. The van der Waals surface area contributed by atoms with Crippen LogP contribution in [0.1, 0.15) is 22.8 Å². The number of thioether (sulfide) groups is 1. The van der Waals surface area contributed by atoms with Gasteiger partial charge < -0.3 is 20.7 Å². The molecule has 0 radical (unpaired) electrons. The Hall–Kier alpha value is -3.78. The van der Waals surface area contributed by atoms with Crippen LogP contribution >= 0.6 is 11.8 Å². The lowest BCUT2D eigenvalue weighted by molar-refractivity contribution is -0.123. The van der Waals surface area contributed by atoms with Crippen molar-refractivity contribution in [3.8, 4) is 5.75 Å². The second-order valence-electron chi connectivity index (χ2n) is 7.42. The van der Waals surface area contributed by atoms with E-state index in [0.29, 0.717) is 28.4 Å². The lowest BCUT2D eigenvalue weighted by atomic mass is 10.2. The van der Waals surface area contributed by atoms with Gasteiger partial charge in [-0.1, -0.05) is 35.9 Å². The van der Waals surface area contributed by atoms with E-state index in [-0.39, 0.29) is 30.1 Å². The normalized spacial score (nSPS) is 10.3. The number of hydrogen-bond acceptors (Lipinski definition) is 5. The van der Waals surface area contributed by atoms with Gasteiger partial charge in [-0.05, 0) is 50.2 Å². The van der Waals surface area contributed by atoms with Crippen LogP contribution in [0.15, 0.2) is 77.7 Å². The Morgan fingerprint density at radius 3 is 2.38 bits per heavy atom. The van der Waals surface area contributed by atoms with E-state index in [0.717, 1.165) is 11.3 Å².